The third kappa shape index (κ3) is 3.76. The lowest BCUT2D eigenvalue weighted by Gasteiger charge is -2.15. The van der Waals surface area contributed by atoms with Gasteiger partial charge in [0.15, 0.2) is 0 Å². The van der Waals surface area contributed by atoms with E-state index < -0.39 is 0 Å². The SMILES string of the molecule is COc1ccc(C(=O)N[C@@H](C)c2ccc(Cl)cc2)cc1C. The van der Waals surface area contributed by atoms with Crippen molar-refractivity contribution in [3.63, 3.8) is 0 Å². The van der Waals surface area contributed by atoms with E-state index in [4.69, 9.17) is 16.3 Å². The van der Waals surface area contributed by atoms with Gasteiger partial charge >= 0.3 is 0 Å². The van der Waals surface area contributed by atoms with Gasteiger partial charge in [-0.3, -0.25) is 4.79 Å². The number of benzene rings is 2. The van der Waals surface area contributed by atoms with Crippen molar-refractivity contribution in [1.29, 1.82) is 0 Å². The van der Waals surface area contributed by atoms with Gasteiger partial charge in [-0.05, 0) is 55.3 Å². The zero-order valence-electron chi connectivity index (χ0n) is 12.3. The maximum Gasteiger partial charge on any atom is 0.251 e. The lowest BCUT2D eigenvalue weighted by Crippen LogP contribution is -2.26. The minimum Gasteiger partial charge on any atom is -0.496 e. The Balaban J connectivity index is 2.10. The Morgan fingerprint density at radius 1 is 1.19 bits per heavy atom. The van der Waals surface area contributed by atoms with Crippen LogP contribution in [0.3, 0.4) is 0 Å². The van der Waals surface area contributed by atoms with Crippen molar-refractivity contribution >= 4 is 17.5 Å². The average molecular weight is 304 g/mol. The maximum atomic E-state index is 12.3. The fourth-order valence-electron chi connectivity index (χ4n) is 2.13. The number of amides is 1. The Morgan fingerprint density at radius 2 is 1.86 bits per heavy atom. The zero-order chi connectivity index (χ0) is 15.4. The summed E-state index contributed by atoms with van der Waals surface area (Å²) in [5.74, 6) is 0.667. The van der Waals surface area contributed by atoms with Crippen LogP contribution in [0.2, 0.25) is 5.02 Å². The second kappa shape index (κ2) is 6.64. The summed E-state index contributed by atoms with van der Waals surface area (Å²) in [5.41, 5.74) is 2.57. The molecule has 0 aliphatic carbocycles. The molecule has 0 unspecified atom stereocenters. The molecular formula is C17H18ClNO2. The smallest absolute Gasteiger partial charge is 0.251 e. The average Bonchev–Trinajstić information content (AvgIpc) is 2.47. The number of carbonyl (C=O) groups excluding carboxylic acids is 1. The second-order valence-electron chi connectivity index (χ2n) is 4.93. The molecule has 2 aromatic rings. The highest BCUT2D eigenvalue weighted by molar-refractivity contribution is 6.30. The number of methoxy groups -OCH3 is 1. The summed E-state index contributed by atoms with van der Waals surface area (Å²) in [4.78, 5) is 12.3. The van der Waals surface area contributed by atoms with Crippen LogP contribution in [0.25, 0.3) is 0 Å². The van der Waals surface area contributed by atoms with Gasteiger partial charge in [-0.25, -0.2) is 0 Å². The second-order valence-corrected chi connectivity index (χ2v) is 5.37. The summed E-state index contributed by atoms with van der Waals surface area (Å²) in [6, 6.07) is 12.8. The summed E-state index contributed by atoms with van der Waals surface area (Å²) < 4.78 is 5.20. The number of rotatable bonds is 4. The predicted molar refractivity (Wildman–Crippen MR) is 85.1 cm³/mol. The van der Waals surface area contributed by atoms with Gasteiger partial charge in [0.05, 0.1) is 13.2 Å². The molecule has 0 saturated heterocycles. The van der Waals surface area contributed by atoms with Gasteiger partial charge in [0.1, 0.15) is 5.75 Å². The number of aryl methyl sites for hydroxylation is 1. The van der Waals surface area contributed by atoms with Crippen molar-refractivity contribution in [3.05, 3.63) is 64.2 Å². The van der Waals surface area contributed by atoms with Gasteiger partial charge in [0.25, 0.3) is 5.91 Å². The Hall–Kier alpha value is -2.00. The molecule has 2 aromatic carbocycles. The molecule has 4 heteroatoms. The molecule has 0 fully saturated rings. The van der Waals surface area contributed by atoms with Gasteiger partial charge in [-0.2, -0.15) is 0 Å². The van der Waals surface area contributed by atoms with Gasteiger partial charge in [-0.1, -0.05) is 23.7 Å². The molecule has 0 bridgehead atoms. The van der Waals surface area contributed by atoms with Gasteiger partial charge < -0.3 is 10.1 Å². The summed E-state index contributed by atoms with van der Waals surface area (Å²) in [6.07, 6.45) is 0. The summed E-state index contributed by atoms with van der Waals surface area (Å²) >= 11 is 5.86. The highest BCUT2D eigenvalue weighted by atomic mass is 35.5. The molecule has 0 aromatic heterocycles. The minimum atomic E-state index is -0.108. The van der Waals surface area contributed by atoms with E-state index in [9.17, 15) is 4.79 Å². The number of ether oxygens (including phenoxy) is 1. The van der Waals surface area contributed by atoms with Gasteiger partial charge in [0.2, 0.25) is 0 Å². The van der Waals surface area contributed by atoms with Crippen LogP contribution >= 0.6 is 11.6 Å². The first-order valence-electron chi connectivity index (χ1n) is 6.72. The van der Waals surface area contributed by atoms with E-state index in [1.54, 1.807) is 19.2 Å². The molecule has 1 atom stereocenters. The molecule has 3 nitrogen and oxygen atoms in total. The molecule has 0 aliphatic heterocycles. The number of hydrogen-bond acceptors (Lipinski definition) is 2. The van der Waals surface area contributed by atoms with Crippen molar-refractivity contribution in [1.82, 2.24) is 5.32 Å². The molecular weight excluding hydrogens is 286 g/mol. The maximum absolute atomic E-state index is 12.3. The molecule has 0 radical (unpaired) electrons. The first kappa shape index (κ1) is 15.4. The minimum absolute atomic E-state index is 0.0859. The Labute approximate surface area is 129 Å². The van der Waals surface area contributed by atoms with E-state index in [0.717, 1.165) is 16.9 Å². The van der Waals surface area contributed by atoms with Crippen molar-refractivity contribution in [2.75, 3.05) is 7.11 Å². The molecule has 21 heavy (non-hydrogen) atoms. The van der Waals surface area contributed by atoms with Crippen LogP contribution in [0.5, 0.6) is 5.75 Å². The molecule has 110 valence electrons. The molecule has 1 amide bonds. The molecule has 0 heterocycles. The zero-order valence-corrected chi connectivity index (χ0v) is 13.1. The predicted octanol–water partition coefficient (Wildman–Crippen LogP) is 4.15. The first-order chi connectivity index (χ1) is 10.0. The van der Waals surface area contributed by atoms with Crippen LogP contribution < -0.4 is 10.1 Å². The van der Waals surface area contributed by atoms with Gasteiger partial charge in [-0.15, -0.1) is 0 Å². The van der Waals surface area contributed by atoms with Gasteiger partial charge in [0, 0.05) is 10.6 Å². The Morgan fingerprint density at radius 3 is 2.43 bits per heavy atom. The van der Waals surface area contributed by atoms with Crippen molar-refractivity contribution < 1.29 is 9.53 Å². The van der Waals surface area contributed by atoms with Crippen LogP contribution in [-0.2, 0) is 0 Å². The fourth-order valence-corrected chi connectivity index (χ4v) is 2.26. The van der Waals surface area contributed by atoms with E-state index in [0.29, 0.717) is 10.6 Å². The van der Waals surface area contributed by atoms with Crippen LogP contribution in [0.1, 0.15) is 34.5 Å². The lowest BCUT2D eigenvalue weighted by atomic mass is 10.1. The monoisotopic (exact) mass is 303 g/mol. The third-order valence-corrected chi connectivity index (χ3v) is 3.63. The quantitative estimate of drug-likeness (QED) is 0.921. The van der Waals surface area contributed by atoms with Crippen LogP contribution in [0.4, 0.5) is 0 Å². The van der Waals surface area contributed by atoms with E-state index >= 15 is 0 Å². The molecule has 0 saturated carbocycles. The van der Waals surface area contributed by atoms with Crippen LogP contribution in [-0.4, -0.2) is 13.0 Å². The Kier molecular flexibility index (Phi) is 4.86. The largest absolute Gasteiger partial charge is 0.496 e. The number of carbonyl (C=O) groups is 1. The van der Waals surface area contributed by atoms with E-state index in [2.05, 4.69) is 5.32 Å². The first-order valence-corrected chi connectivity index (χ1v) is 7.10. The molecule has 2 rings (SSSR count). The van der Waals surface area contributed by atoms with E-state index in [1.807, 2.05) is 44.2 Å². The van der Waals surface area contributed by atoms with E-state index in [-0.39, 0.29) is 11.9 Å². The van der Waals surface area contributed by atoms with Crippen molar-refractivity contribution in [2.45, 2.75) is 19.9 Å². The topological polar surface area (TPSA) is 38.3 Å². The van der Waals surface area contributed by atoms with Crippen molar-refractivity contribution in [2.24, 2.45) is 0 Å². The third-order valence-electron chi connectivity index (χ3n) is 3.37. The highest BCUT2D eigenvalue weighted by Crippen LogP contribution is 2.20. The fraction of sp³-hybridized carbons (Fsp3) is 0.235. The van der Waals surface area contributed by atoms with E-state index in [1.165, 1.54) is 0 Å². The number of nitrogens with one attached hydrogen (secondary N) is 1. The van der Waals surface area contributed by atoms with Crippen molar-refractivity contribution in [3.8, 4) is 5.75 Å². The number of hydrogen-bond donors (Lipinski definition) is 1. The summed E-state index contributed by atoms with van der Waals surface area (Å²) in [6.45, 7) is 3.86. The lowest BCUT2D eigenvalue weighted by molar-refractivity contribution is 0.0940. The summed E-state index contributed by atoms with van der Waals surface area (Å²) in [5, 5.41) is 3.66. The number of halogens is 1. The molecule has 0 spiro atoms. The molecule has 0 aliphatic rings. The van der Waals surface area contributed by atoms with Crippen LogP contribution in [0.15, 0.2) is 42.5 Å². The highest BCUT2D eigenvalue weighted by Gasteiger charge is 2.12. The summed E-state index contributed by atoms with van der Waals surface area (Å²) in [7, 11) is 1.62. The Bertz CT molecular complexity index is 638. The normalized spacial score (nSPS) is 11.8. The standard InChI is InChI=1S/C17H18ClNO2/c1-11-10-14(6-9-16(11)21-3)17(20)19-12(2)13-4-7-15(18)8-5-13/h4-10,12H,1-3H3,(H,19,20)/t12-/m0/s1. The van der Waals surface area contributed by atoms with Crippen LogP contribution in [0, 0.1) is 6.92 Å². The molecule has 1 N–H and O–H groups in total.